The molecule has 1 fully saturated rings. The van der Waals surface area contributed by atoms with E-state index in [0.29, 0.717) is 12.1 Å². The molecule has 174 valence electrons. The fourth-order valence-electron chi connectivity index (χ4n) is 4.96. The van der Waals surface area contributed by atoms with E-state index in [1.54, 1.807) is 4.90 Å². The zero-order chi connectivity index (χ0) is 23.5. The maximum Gasteiger partial charge on any atom is 0.328 e. The summed E-state index contributed by atoms with van der Waals surface area (Å²) < 4.78 is 4.94. The molecule has 0 unspecified atom stereocenters. The van der Waals surface area contributed by atoms with E-state index in [2.05, 4.69) is 5.32 Å². The summed E-state index contributed by atoms with van der Waals surface area (Å²) in [5.41, 5.74) is 4.21. The summed E-state index contributed by atoms with van der Waals surface area (Å²) in [5.74, 6) is -0.365. The number of benzene rings is 2. The number of hydrogen-bond acceptors (Lipinski definition) is 4. The van der Waals surface area contributed by atoms with Crippen LogP contribution in [0.15, 0.2) is 42.5 Å². The molecule has 6 heteroatoms. The van der Waals surface area contributed by atoms with Crippen LogP contribution in [0, 0.1) is 11.8 Å². The smallest absolute Gasteiger partial charge is 0.328 e. The van der Waals surface area contributed by atoms with Crippen molar-refractivity contribution in [3.63, 3.8) is 0 Å². The number of anilines is 1. The van der Waals surface area contributed by atoms with E-state index in [1.165, 1.54) is 13.5 Å². The Kier molecular flexibility index (Phi) is 6.82. The van der Waals surface area contributed by atoms with E-state index < -0.39 is 12.0 Å². The number of carbonyl (C=O) groups is 3. The molecule has 4 rings (SSSR count). The Morgan fingerprint density at radius 1 is 1.00 bits per heavy atom. The van der Waals surface area contributed by atoms with Gasteiger partial charge in [0.25, 0.3) is 5.91 Å². The number of esters is 1. The minimum atomic E-state index is -0.606. The lowest BCUT2D eigenvalue weighted by atomic mass is 9.88. The summed E-state index contributed by atoms with van der Waals surface area (Å²) in [7, 11) is 1.35. The van der Waals surface area contributed by atoms with Gasteiger partial charge in [-0.15, -0.1) is 0 Å². The third-order valence-electron chi connectivity index (χ3n) is 6.81. The summed E-state index contributed by atoms with van der Waals surface area (Å²) in [6.07, 6.45) is 5.42. The van der Waals surface area contributed by atoms with Crippen LogP contribution in [0.25, 0.3) is 11.1 Å². The van der Waals surface area contributed by atoms with Gasteiger partial charge in [-0.25, -0.2) is 4.79 Å². The van der Waals surface area contributed by atoms with E-state index in [9.17, 15) is 14.4 Å². The quantitative estimate of drug-likeness (QED) is 0.629. The summed E-state index contributed by atoms with van der Waals surface area (Å²) >= 11 is 0. The van der Waals surface area contributed by atoms with Crippen LogP contribution in [0.3, 0.4) is 0 Å². The Labute approximate surface area is 195 Å². The molecule has 1 N–H and O–H groups in total. The maximum atomic E-state index is 13.1. The van der Waals surface area contributed by atoms with E-state index in [4.69, 9.17) is 4.74 Å². The lowest BCUT2D eigenvalue weighted by molar-refractivity contribution is -0.147. The molecule has 2 aliphatic rings. The number of fused-ring (bicyclic) bond motifs is 1. The zero-order valence-corrected chi connectivity index (χ0v) is 19.6. The minimum absolute atomic E-state index is 0.0495. The first kappa shape index (κ1) is 23.0. The molecule has 1 heterocycles. The van der Waals surface area contributed by atoms with Crippen LogP contribution in [0.5, 0.6) is 0 Å². The van der Waals surface area contributed by atoms with Crippen molar-refractivity contribution in [2.24, 2.45) is 11.8 Å². The van der Waals surface area contributed by atoms with Gasteiger partial charge in [0, 0.05) is 23.7 Å². The van der Waals surface area contributed by atoms with E-state index in [-0.39, 0.29) is 23.7 Å². The Balaban J connectivity index is 1.49. The molecule has 0 aromatic heterocycles. The van der Waals surface area contributed by atoms with Gasteiger partial charge in [0.1, 0.15) is 6.04 Å². The Hall–Kier alpha value is -3.15. The number of amides is 2. The van der Waals surface area contributed by atoms with Gasteiger partial charge in [0.05, 0.1) is 7.11 Å². The second-order valence-electron chi connectivity index (χ2n) is 9.42. The lowest BCUT2D eigenvalue weighted by Gasteiger charge is -2.28. The SMILES string of the molecule is COC(=O)[C@H](C(C)C)N1Cc2ccc(-c3ccc(NC(=O)C4CCCCC4)cc3)cc2C1=O. The fraction of sp³-hybridized carbons (Fsp3) is 0.444. The standard InChI is InChI=1S/C27H32N2O4/c1-17(2)24(27(32)33-3)29-16-21-10-9-20(15-23(21)26(29)31)18-11-13-22(14-12-18)28-25(30)19-7-5-4-6-8-19/h9-15,17,19,24H,4-8,16H2,1-3H3,(H,28,30)/t24-/m0/s1. The Bertz CT molecular complexity index is 1040. The largest absolute Gasteiger partial charge is 0.467 e. The first-order chi connectivity index (χ1) is 15.9. The van der Waals surface area contributed by atoms with Crippen molar-refractivity contribution < 1.29 is 19.1 Å². The average molecular weight is 449 g/mol. The Morgan fingerprint density at radius 2 is 1.67 bits per heavy atom. The number of methoxy groups -OCH3 is 1. The van der Waals surface area contributed by atoms with Gasteiger partial charge in [-0.1, -0.05) is 57.4 Å². The maximum absolute atomic E-state index is 13.1. The first-order valence-corrected chi connectivity index (χ1v) is 11.8. The fourth-order valence-corrected chi connectivity index (χ4v) is 4.96. The van der Waals surface area contributed by atoms with Gasteiger partial charge in [0.15, 0.2) is 0 Å². The predicted octanol–water partition coefficient (Wildman–Crippen LogP) is 5.03. The molecule has 2 amide bonds. The number of nitrogens with zero attached hydrogens (tertiary/aromatic N) is 1. The van der Waals surface area contributed by atoms with Crippen molar-refractivity contribution in [1.82, 2.24) is 4.90 Å². The highest BCUT2D eigenvalue weighted by atomic mass is 16.5. The molecule has 2 aromatic carbocycles. The topological polar surface area (TPSA) is 75.7 Å². The summed E-state index contributed by atoms with van der Waals surface area (Å²) in [5, 5.41) is 3.04. The van der Waals surface area contributed by atoms with E-state index in [0.717, 1.165) is 48.1 Å². The molecular weight excluding hydrogens is 416 g/mol. The molecule has 1 aliphatic carbocycles. The summed E-state index contributed by atoms with van der Waals surface area (Å²) in [6.45, 7) is 4.23. The zero-order valence-electron chi connectivity index (χ0n) is 19.6. The molecule has 0 radical (unpaired) electrons. The first-order valence-electron chi connectivity index (χ1n) is 11.8. The second kappa shape index (κ2) is 9.77. The van der Waals surface area contributed by atoms with Crippen molar-refractivity contribution in [3.05, 3.63) is 53.6 Å². The van der Waals surface area contributed by atoms with Crippen molar-refractivity contribution in [3.8, 4) is 11.1 Å². The monoisotopic (exact) mass is 448 g/mol. The third-order valence-corrected chi connectivity index (χ3v) is 6.81. The van der Waals surface area contributed by atoms with Crippen molar-refractivity contribution in [2.45, 2.75) is 58.5 Å². The highest BCUT2D eigenvalue weighted by Crippen LogP contribution is 2.32. The van der Waals surface area contributed by atoms with Crippen LogP contribution in [-0.2, 0) is 20.9 Å². The van der Waals surface area contributed by atoms with E-state index >= 15 is 0 Å². The van der Waals surface area contributed by atoms with Crippen molar-refractivity contribution >= 4 is 23.5 Å². The molecule has 1 aliphatic heterocycles. The van der Waals surface area contributed by atoms with Crippen LogP contribution in [0.2, 0.25) is 0 Å². The number of nitrogens with one attached hydrogen (secondary N) is 1. The lowest BCUT2D eigenvalue weighted by Crippen LogP contribution is -2.45. The summed E-state index contributed by atoms with van der Waals surface area (Å²) in [6, 6.07) is 13.0. The van der Waals surface area contributed by atoms with Gasteiger partial charge in [-0.2, -0.15) is 0 Å². The normalized spacial score (nSPS) is 17.1. The Morgan fingerprint density at radius 3 is 2.30 bits per heavy atom. The van der Waals surface area contributed by atoms with Crippen LogP contribution >= 0.6 is 0 Å². The molecule has 0 saturated heterocycles. The summed E-state index contributed by atoms with van der Waals surface area (Å²) in [4.78, 5) is 39.5. The van der Waals surface area contributed by atoms with Crippen LogP contribution < -0.4 is 5.32 Å². The molecule has 1 saturated carbocycles. The molecule has 0 spiro atoms. The molecule has 6 nitrogen and oxygen atoms in total. The molecule has 0 bridgehead atoms. The van der Waals surface area contributed by atoms with Crippen LogP contribution in [0.4, 0.5) is 5.69 Å². The number of ether oxygens (including phenoxy) is 1. The minimum Gasteiger partial charge on any atom is -0.467 e. The highest BCUT2D eigenvalue weighted by Gasteiger charge is 2.38. The van der Waals surface area contributed by atoms with Gasteiger partial charge < -0.3 is 15.0 Å². The van der Waals surface area contributed by atoms with Gasteiger partial charge in [-0.05, 0) is 53.6 Å². The average Bonchev–Trinajstić information content (AvgIpc) is 3.15. The molecule has 1 atom stereocenters. The number of carbonyl (C=O) groups excluding carboxylic acids is 3. The van der Waals surface area contributed by atoms with Gasteiger partial charge in [-0.3, -0.25) is 9.59 Å². The number of rotatable bonds is 6. The highest BCUT2D eigenvalue weighted by molar-refractivity contribution is 6.01. The molecule has 33 heavy (non-hydrogen) atoms. The predicted molar refractivity (Wildman–Crippen MR) is 128 cm³/mol. The van der Waals surface area contributed by atoms with Crippen molar-refractivity contribution in [1.29, 1.82) is 0 Å². The third kappa shape index (κ3) is 4.80. The van der Waals surface area contributed by atoms with Gasteiger partial charge >= 0.3 is 5.97 Å². The van der Waals surface area contributed by atoms with Crippen LogP contribution in [0.1, 0.15) is 61.9 Å². The molecule has 2 aromatic rings. The van der Waals surface area contributed by atoms with Crippen molar-refractivity contribution in [2.75, 3.05) is 12.4 Å². The molecular formula is C27H32N2O4. The van der Waals surface area contributed by atoms with E-state index in [1.807, 2.05) is 56.3 Å². The number of hydrogen-bond donors (Lipinski definition) is 1. The van der Waals surface area contributed by atoms with Gasteiger partial charge in [0.2, 0.25) is 5.91 Å². The van der Waals surface area contributed by atoms with Crippen LogP contribution in [-0.4, -0.2) is 35.8 Å². The second-order valence-corrected chi connectivity index (χ2v) is 9.42.